The Labute approximate surface area is 87.9 Å². The maximum Gasteiger partial charge on any atom is 0.251 e. The van der Waals surface area contributed by atoms with E-state index in [1.807, 2.05) is 30.3 Å². The van der Waals surface area contributed by atoms with E-state index >= 15 is 0 Å². The van der Waals surface area contributed by atoms with Crippen LogP contribution in [0.15, 0.2) is 35.1 Å². The molecule has 0 fully saturated rings. The van der Waals surface area contributed by atoms with Gasteiger partial charge >= 0.3 is 0 Å². The number of aromatic nitrogens is 1. The van der Waals surface area contributed by atoms with Crippen molar-refractivity contribution in [2.45, 2.75) is 12.8 Å². The van der Waals surface area contributed by atoms with Crippen LogP contribution in [0.4, 0.5) is 0 Å². The number of fused-ring (bicyclic) bond motifs is 1. The first-order valence-corrected chi connectivity index (χ1v) is 5.12. The largest absolute Gasteiger partial charge is 0.330 e. The van der Waals surface area contributed by atoms with Crippen molar-refractivity contribution in [1.29, 1.82) is 0 Å². The minimum atomic E-state index is 0.00199. The average molecular weight is 202 g/mol. The molecule has 1 aromatic carbocycles. The highest BCUT2D eigenvalue weighted by Gasteiger charge is 2.01. The van der Waals surface area contributed by atoms with Gasteiger partial charge in [0, 0.05) is 11.1 Å². The van der Waals surface area contributed by atoms with Crippen LogP contribution in [-0.2, 0) is 6.42 Å². The van der Waals surface area contributed by atoms with Gasteiger partial charge < -0.3 is 10.7 Å². The molecule has 1 heterocycles. The summed E-state index contributed by atoms with van der Waals surface area (Å²) in [4.78, 5) is 14.5. The van der Waals surface area contributed by atoms with Crippen LogP contribution in [0, 0.1) is 0 Å². The lowest BCUT2D eigenvalue weighted by atomic mass is 10.1. The second kappa shape index (κ2) is 4.28. The number of aryl methyl sites for hydroxylation is 1. The molecule has 0 spiro atoms. The van der Waals surface area contributed by atoms with Crippen LogP contribution in [0.5, 0.6) is 0 Å². The Morgan fingerprint density at radius 1 is 1.27 bits per heavy atom. The number of H-pyrrole nitrogens is 1. The molecule has 78 valence electrons. The number of aromatic amines is 1. The highest BCUT2D eigenvalue weighted by molar-refractivity contribution is 5.78. The quantitative estimate of drug-likeness (QED) is 0.790. The molecule has 3 N–H and O–H groups in total. The van der Waals surface area contributed by atoms with E-state index in [9.17, 15) is 4.79 Å². The van der Waals surface area contributed by atoms with Crippen molar-refractivity contribution in [2.75, 3.05) is 6.54 Å². The number of nitrogens with two attached hydrogens (primary N) is 1. The summed E-state index contributed by atoms with van der Waals surface area (Å²) in [6, 6.07) is 9.73. The highest BCUT2D eigenvalue weighted by Crippen LogP contribution is 2.10. The number of pyridine rings is 1. The Hall–Kier alpha value is -1.61. The van der Waals surface area contributed by atoms with Gasteiger partial charge in [0.15, 0.2) is 0 Å². The predicted molar refractivity (Wildman–Crippen MR) is 61.9 cm³/mol. The zero-order valence-electron chi connectivity index (χ0n) is 8.49. The van der Waals surface area contributed by atoms with Gasteiger partial charge in [-0.3, -0.25) is 4.79 Å². The minimum Gasteiger partial charge on any atom is -0.330 e. The molecule has 0 aliphatic heterocycles. The van der Waals surface area contributed by atoms with E-state index in [0.29, 0.717) is 6.54 Å². The molecule has 0 aliphatic carbocycles. The van der Waals surface area contributed by atoms with Gasteiger partial charge in [-0.1, -0.05) is 18.2 Å². The third-order valence-corrected chi connectivity index (χ3v) is 2.48. The van der Waals surface area contributed by atoms with Gasteiger partial charge in [-0.15, -0.1) is 0 Å². The number of benzene rings is 1. The molecule has 0 saturated carbocycles. The molecule has 15 heavy (non-hydrogen) atoms. The first-order valence-electron chi connectivity index (χ1n) is 5.12. The highest BCUT2D eigenvalue weighted by atomic mass is 16.1. The molecule has 3 heteroatoms. The molecular weight excluding hydrogens is 188 g/mol. The number of hydrogen-bond acceptors (Lipinski definition) is 2. The third kappa shape index (κ3) is 2.07. The van der Waals surface area contributed by atoms with E-state index in [1.165, 1.54) is 0 Å². The summed E-state index contributed by atoms with van der Waals surface area (Å²) in [5.41, 5.74) is 7.14. The fourth-order valence-electron chi connectivity index (χ4n) is 1.67. The van der Waals surface area contributed by atoms with Crippen molar-refractivity contribution in [3.8, 4) is 0 Å². The second-order valence-corrected chi connectivity index (χ2v) is 3.60. The Morgan fingerprint density at radius 2 is 2.07 bits per heavy atom. The summed E-state index contributed by atoms with van der Waals surface area (Å²) in [5.74, 6) is 0. The van der Waals surface area contributed by atoms with Gasteiger partial charge in [0.05, 0.1) is 0 Å². The van der Waals surface area contributed by atoms with Gasteiger partial charge in [0.25, 0.3) is 5.56 Å². The number of rotatable bonds is 3. The summed E-state index contributed by atoms with van der Waals surface area (Å²) in [7, 11) is 0. The molecule has 0 aliphatic rings. The second-order valence-electron chi connectivity index (χ2n) is 3.60. The van der Waals surface area contributed by atoms with Gasteiger partial charge in [-0.2, -0.15) is 0 Å². The minimum absolute atomic E-state index is 0.00199. The van der Waals surface area contributed by atoms with E-state index in [1.54, 1.807) is 0 Å². The molecule has 0 bridgehead atoms. The normalized spacial score (nSPS) is 10.7. The van der Waals surface area contributed by atoms with Crippen LogP contribution in [0.1, 0.15) is 12.0 Å². The van der Waals surface area contributed by atoms with Crippen LogP contribution in [-0.4, -0.2) is 11.5 Å². The summed E-state index contributed by atoms with van der Waals surface area (Å²) in [6.07, 6.45) is 1.60. The van der Waals surface area contributed by atoms with Crippen molar-refractivity contribution < 1.29 is 0 Å². The predicted octanol–water partition coefficient (Wildman–Crippen LogP) is 1.42. The molecule has 0 saturated heterocycles. The van der Waals surface area contributed by atoms with Gasteiger partial charge in [0.2, 0.25) is 0 Å². The van der Waals surface area contributed by atoms with Crippen LogP contribution in [0.25, 0.3) is 10.9 Å². The average Bonchev–Trinajstić information content (AvgIpc) is 2.26. The lowest BCUT2D eigenvalue weighted by molar-refractivity contribution is 0.824. The van der Waals surface area contributed by atoms with Crippen molar-refractivity contribution in [1.82, 2.24) is 4.98 Å². The fourth-order valence-corrected chi connectivity index (χ4v) is 1.67. The Kier molecular flexibility index (Phi) is 2.83. The standard InChI is InChI=1S/C12H14N2O/c13-7-3-5-10-8-9-4-1-2-6-11(9)14-12(10)15/h1-2,4,6,8H,3,5,7,13H2,(H,14,15). The number of para-hydroxylation sites is 1. The SMILES string of the molecule is NCCCc1cc2ccccc2[nH]c1=O. The van der Waals surface area contributed by atoms with Gasteiger partial charge in [-0.05, 0) is 36.9 Å². The number of hydrogen-bond donors (Lipinski definition) is 2. The summed E-state index contributed by atoms with van der Waals surface area (Å²) in [6.45, 7) is 0.617. The molecular formula is C12H14N2O. The third-order valence-electron chi connectivity index (χ3n) is 2.48. The van der Waals surface area contributed by atoms with Crippen LogP contribution in [0.2, 0.25) is 0 Å². The Bertz CT molecular complexity index is 516. The van der Waals surface area contributed by atoms with Crippen LogP contribution >= 0.6 is 0 Å². The fraction of sp³-hybridized carbons (Fsp3) is 0.250. The molecule has 2 aromatic rings. The van der Waals surface area contributed by atoms with Gasteiger partial charge in [0.1, 0.15) is 0 Å². The van der Waals surface area contributed by atoms with Crippen molar-refractivity contribution >= 4 is 10.9 Å². The first kappa shape index (κ1) is 9.93. The molecule has 2 rings (SSSR count). The molecule has 0 amide bonds. The Morgan fingerprint density at radius 3 is 2.87 bits per heavy atom. The maximum atomic E-state index is 11.6. The Balaban J connectivity index is 2.48. The monoisotopic (exact) mass is 202 g/mol. The molecule has 0 unspecified atom stereocenters. The van der Waals surface area contributed by atoms with E-state index in [2.05, 4.69) is 4.98 Å². The zero-order chi connectivity index (χ0) is 10.7. The van der Waals surface area contributed by atoms with E-state index in [4.69, 9.17) is 5.73 Å². The topological polar surface area (TPSA) is 58.9 Å². The van der Waals surface area contributed by atoms with Crippen molar-refractivity contribution in [3.63, 3.8) is 0 Å². The van der Waals surface area contributed by atoms with E-state index in [0.717, 1.165) is 29.3 Å². The molecule has 1 aromatic heterocycles. The smallest absolute Gasteiger partial charge is 0.251 e. The lowest BCUT2D eigenvalue weighted by Gasteiger charge is -2.01. The zero-order valence-corrected chi connectivity index (χ0v) is 8.49. The maximum absolute atomic E-state index is 11.6. The number of nitrogens with one attached hydrogen (secondary N) is 1. The van der Waals surface area contributed by atoms with Crippen molar-refractivity contribution in [3.05, 3.63) is 46.2 Å². The summed E-state index contributed by atoms with van der Waals surface area (Å²) >= 11 is 0. The molecule has 0 radical (unpaired) electrons. The lowest BCUT2D eigenvalue weighted by Crippen LogP contribution is -2.13. The first-order chi connectivity index (χ1) is 7.31. The van der Waals surface area contributed by atoms with E-state index < -0.39 is 0 Å². The summed E-state index contributed by atoms with van der Waals surface area (Å²) in [5, 5.41) is 1.07. The van der Waals surface area contributed by atoms with E-state index in [-0.39, 0.29) is 5.56 Å². The van der Waals surface area contributed by atoms with Gasteiger partial charge in [-0.25, -0.2) is 0 Å². The molecule has 0 atom stereocenters. The summed E-state index contributed by atoms with van der Waals surface area (Å²) < 4.78 is 0. The molecule has 3 nitrogen and oxygen atoms in total. The van der Waals surface area contributed by atoms with Crippen LogP contribution in [0.3, 0.4) is 0 Å². The van der Waals surface area contributed by atoms with Crippen LogP contribution < -0.4 is 11.3 Å². The van der Waals surface area contributed by atoms with Crippen molar-refractivity contribution in [2.24, 2.45) is 5.73 Å².